The lowest BCUT2D eigenvalue weighted by molar-refractivity contribution is 0.182. The molecule has 1 unspecified atom stereocenters. The van der Waals surface area contributed by atoms with Gasteiger partial charge in [0.25, 0.3) is 0 Å². The number of phenols is 1. The minimum Gasteiger partial charge on any atom is -0.505 e. The van der Waals surface area contributed by atoms with Crippen molar-refractivity contribution in [3.8, 4) is 5.75 Å². The van der Waals surface area contributed by atoms with Crippen molar-refractivity contribution in [2.24, 2.45) is 5.92 Å². The van der Waals surface area contributed by atoms with E-state index in [1.54, 1.807) is 6.07 Å². The predicted octanol–water partition coefficient (Wildman–Crippen LogP) is 5.12. The van der Waals surface area contributed by atoms with Crippen LogP contribution in [0, 0.1) is 11.7 Å². The molecule has 0 amide bonds. The Morgan fingerprint density at radius 1 is 1.46 bits per heavy atom. The van der Waals surface area contributed by atoms with Crippen LogP contribution in [0.1, 0.15) is 45.6 Å². The molecule has 140 valence electrons. The van der Waals surface area contributed by atoms with Crippen LogP contribution in [0.4, 0.5) is 4.39 Å². The molecule has 2 rings (SSSR count). The molecule has 0 fully saturated rings. The molecule has 1 aromatic rings. The van der Waals surface area contributed by atoms with Crippen molar-refractivity contribution in [2.75, 3.05) is 0 Å². The third-order valence-electron chi connectivity index (χ3n) is 4.80. The first kappa shape index (κ1) is 20.5. The zero-order chi connectivity index (χ0) is 19.3. The Morgan fingerprint density at radius 2 is 2.19 bits per heavy atom. The monoisotopic (exact) mass is 358 g/mol. The summed E-state index contributed by atoms with van der Waals surface area (Å²) >= 11 is 0. The number of hydrogen-bond donors (Lipinski definition) is 2. The summed E-state index contributed by atoms with van der Waals surface area (Å²) in [6, 6.07) is 4.39. The summed E-state index contributed by atoms with van der Waals surface area (Å²) in [5, 5.41) is 19.2. The van der Waals surface area contributed by atoms with E-state index in [-0.39, 0.29) is 11.9 Å². The highest BCUT2D eigenvalue weighted by Gasteiger charge is 2.28. The zero-order valence-corrected chi connectivity index (χ0v) is 15.8. The molecule has 5 heteroatoms. The van der Waals surface area contributed by atoms with E-state index in [0.29, 0.717) is 12.2 Å². The van der Waals surface area contributed by atoms with Gasteiger partial charge in [0.05, 0.1) is 6.10 Å². The maximum Gasteiger partial charge on any atom is 0.458 e. The quantitative estimate of drug-likeness (QED) is 0.665. The van der Waals surface area contributed by atoms with Crippen LogP contribution in [-0.2, 0) is 4.65 Å². The van der Waals surface area contributed by atoms with Crippen molar-refractivity contribution >= 4 is 13.2 Å². The van der Waals surface area contributed by atoms with Crippen LogP contribution in [-0.4, -0.2) is 23.4 Å². The number of aromatic hydroxyl groups is 1. The number of hydrogen-bond acceptors (Lipinski definition) is 3. The molecule has 1 aliphatic heterocycles. The number of rotatable bonds is 7. The third-order valence-corrected chi connectivity index (χ3v) is 4.80. The Kier molecular flexibility index (Phi) is 7.24. The first-order valence-electron chi connectivity index (χ1n) is 9.22. The van der Waals surface area contributed by atoms with Crippen molar-refractivity contribution in [1.82, 2.24) is 0 Å². The summed E-state index contributed by atoms with van der Waals surface area (Å²) < 4.78 is 19.3. The van der Waals surface area contributed by atoms with Crippen LogP contribution in [0.25, 0.3) is 6.08 Å². The lowest BCUT2D eigenvalue weighted by Gasteiger charge is -2.29. The summed E-state index contributed by atoms with van der Waals surface area (Å²) in [6.45, 7) is 10.4. The van der Waals surface area contributed by atoms with Gasteiger partial charge in [-0.1, -0.05) is 51.1 Å². The summed E-state index contributed by atoms with van der Waals surface area (Å²) in [6.07, 6.45) is 6.63. The highest BCUT2D eigenvalue weighted by atomic mass is 19.1. The predicted molar refractivity (Wildman–Crippen MR) is 105 cm³/mol. The standard InChI is InChI=1S/C21H28BFO3/c1-5-16(12-17-6-8-20(24)19(23)13-17)7-9-21-18(15(4)14(2)3)10-11-22(25)26-21/h6,8,10,12-14,21,24-25H,4-5,7,9,11H2,1-3H3/b16-12+. The minimum absolute atomic E-state index is 0.180. The average Bonchev–Trinajstić information content (AvgIpc) is 2.61. The molecule has 3 nitrogen and oxygen atoms in total. The van der Waals surface area contributed by atoms with E-state index in [2.05, 4.69) is 27.4 Å². The smallest absolute Gasteiger partial charge is 0.458 e. The molecule has 0 aromatic heterocycles. The number of allylic oxidation sites excluding steroid dienone is 2. The van der Waals surface area contributed by atoms with Gasteiger partial charge in [-0.05, 0) is 54.0 Å². The van der Waals surface area contributed by atoms with Gasteiger partial charge in [-0.25, -0.2) is 4.39 Å². The fraction of sp³-hybridized carbons (Fsp3) is 0.429. The first-order valence-corrected chi connectivity index (χ1v) is 9.22. The van der Waals surface area contributed by atoms with Crippen LogP contribution >= 0.6 is 0 Å². The molecule has 0 bridgehead atoms. The normalized spacial score (nSPS) is 18.2. The van der Waals surface area contributed by atoms with E-state index in [9.17, 15) is 14.5 Å². The maximum atomic E-state index is 13.5. The second kappa shape index (κ2) is 9.20. The molecule has 0 spiro atoms. The summed E-state index contributed by atoms with van der Waals surface area (Å²) in [7, 11) is -0.774. The van der Waals surface area contributed by atoms with Crippen molar-refractivity contribution in [2.45, 2.75) is 52.5 Å². The molecule has 1 atom stereocenters. The highest BCUT2D eigenvalue weighted by Crippen LogP contribution is 2.31. The average molecular weight is 358 g/mol. The number of benzene rings is 1. The second-order valence-electron chi connectivity index (χ2n) is 7.06. The Morgan fingerprint density at radius 3 is 2.81 bits per heavy atom. The molecule has 2 N–H and O–H groups in total. The zero-order valence-electron chi connectivity index (χ0n) is 15.8. The summed E-state index contributed by atoms with van der Waals surface area (Å²) in [4.78, 5) is 0. The molecule has 0 aliphatic carbocycles. The van der Waals surface area contributed by atoms with Crippen LogP contribution in [0.5, 0.6) is 5.75 Å². The van der Waals surface area contributed by atoms with E-state index >= 15 is 0 Å². The molecule has 0 saturated carbocycles. The molecular weight excluding hydrogens is 330 g/mol. The van der Waals surface area contributed by atoms with Gasteiger partial charge in [0, 0.05) is 6.32 Å². The Bertz CT molecular complexity index is 709. The SMILES string of the molecule is C=C(C1=CCB(O)OC1CC/C(=C/c1ccc(O)c(F)c1)CC)C(C)C. The lowest BCUT2D eigenvalue weighted by Crippen LogP contribution is -2.32. The summed E-state index contributed by atoms with van der Waals surface area (Å²) in [5.74, 6) is -0.637. The Labute approximate surface area is 156 Å². The molecule has 1 aliphatic rings. The van der Waals surface area contributed by atoms with Crippen molar-refractivity contribution in [3.63, 3.8) is 0 Å². The van der Waals surface area contributed by atoms with Crippen LogP contribution in [0.15, 0.2) is 47.6 Å². The van der Waals surface area contributed by atoms with Gasteiger partial charge >= 0.3 is 7.12 Å². The largest absolute Gasteiger partial charge is 0.505 e. The van der Waals surface area contributed by atoms with Crippen LogP contribution in [0.2, 0.25) is 6.32 Å². The fourth-order valence-corrected chi connectivity index (χ4v) is 3.09. The van der Waals surface area contributed by atoms with Crippen molar-refractivity contribution in [1.29, 1.82) is 0 Å². The molecule has 1 heterocycles. The van der Waals surface area contributed by atoms with E-state index in [1.165, 1.54) is 12.1 Å². The van der Waals surface area contributed by atoms with Crippen molar-refractivity contribution < 1.29 is 19.2 Å². The lowest BCUT2D eigenvalue weighted by atomic mass is 9.76. The number of phenolic OH excluding ortho intramolecular Hbond substituents is 1. The Balaban J connectivity index is 2.11. The Hall–Kier alpha value is -1.85. The van der Waals surface area contributed by atoms with Crippen LogP contribution in [0.3, 0.4) is 0 Å². The molecule has 0 radical (unpaired) electrons. The maximum absolute atomic E-state index is 13.5. The number of halogens is 1. The van der Waals surface area contributed by atoms with Gasteiger partial charge in [-0.3, -0.25) is 0 Å². The van der Waals surface area contributed by atoms with E-state index in [0.717, 1.165) is 41.5 Å². The van der Waals surface area contributed by atoms with Crippen molar-refractivity contribution in [3.05, 3.63) is 59.0 Å². The molecule has 26 heavy (non-hydrogen) atoms. The van der Waals surface area contributed by atoms with E-state index in [1.807, 2.05) is 12.2 Å². The van der Waals surface area contributed by atoms with Gasteiger partial charge in [-0.2, -0.15) is 0 Å². The van der Waals surface area contributed by atoms with Gasteiger partial charge in [0.1, 0.15) is 0 Å². The van der Waals surface area contributed by atoms with Gasteiger partial charge in [0.2, 0.25) is 0 Å². The van der Waals surface area contributed by atoms with E-state index < -0.39 is 12.9 Å². The van der Waals surface area contributed by atoms with Gasteiger partial charge in [-0.15, -0.1) is 0 Å². The topological polar surface area (TPSA) is 49.7 Å². The highest BCUT2D eigenvalue weighted by molar-refractivity contribution is 6.43. The van der Waals surface area contributed by atoms with Crippen LogP contribution < -0.4 is 0 Å². The second-order valence-corrected chi connectivity index (χ2v) is 7.06. The summed E-state index contributed by atoms with van der Waals surface area (Å²) in [5.41, 5.74) is 4.01. The molecule has 1 aromatic carbocycles. The van der Waals surface area contributed by atoms with Gasteiger partial charge in [0.15, 0.2) is 11.6 Å². The van der Waals surface area contributed by atoms with Gasteiger partial charge < -0.3 is 14.8 Å². The molecule has 0 saturated heterocycles. The molecular formula is C21H28BFO3. The van der Waals surface area contributed by atoms with E-state index in [4.69, 9.17) is 4.65 Å². The third kappa shape index (κ3) is 5.32. The first-order chi connectivity index (χ1) is 12.3. The minimum atomic E-state index is -0.774. The fourth-order valence-electron chi connectivity index (χ4n) is 3.09.